The molecule has 134 valence electrons. The molecule has 0 aromatic heterocycles. The Morgan fingerprint density at radius 3 is 2.83 bits per heavy atom. The third-order valence-electron chi connectivity index (χ3n) is 4.75. The molecule has 0 aliphatic carbocycles. The van der Waals surface area contributed by atoms with Crippen LogP contribution in [-0.2, 0) is 4.79 Å². The number of benzene rings is 1. The highest BCUT2D eigenvalue weighted by molar-refractivity contribution is 6.31. The first-order valence-electron chi connectivity index (χ1n) is 8.25. The highest BCUT2D eigenvalue weighted by Gasteiger charge is 2.30. The second-order valence-electron chi connectivity index (χ2n) is 6.22. The van der Waals surface area contributed by atoms with Crippen LogP contribution in [0.15, 0.2) is 18.2 Å². The number of ether oxygens (including phenoxy) is 1. The molecule has 24 heavy (non-hydrogen) atoms. The van der Waals surface area contributed by atoms with E-state index in [1.165, 1.54) is 0 Å². The van der Waals surface area contributed by atoms with E-state index in [2.05, 4.69) is 10.2 Å². The van der Waals surface area contributed by atoms with E-state index < -0.39 is 0 Å². The van der Waals surface area contributed by atoms with Gasteiger partial charge in [-0.3, -0.25) is 9.69 Å². The predicted octanol–water partition coefficient (Wildman–Crippen LogP) is 1.96. The van der Waals surface area contributed by atoms with Gasteiger partial charge in [0.05, 0.1) is 0 Å². The van der Waals surface area contributed by atoms with E-state index in [-0.39, 0.29) is 24.9 Å². The Labute approximate surface area is 154 Å². The van der Waals surface area contributed by atoms with Crippen molar-refractivity contribution in [1.82, 2.24) is 15.1 Å². The second kappa shape index (κ2) is 8.90. The SMILES string of the molecule is Cc1c(Cl)cccc1OCC(=O)N1CCC(N2CCNCC2)C1.Cl. The van der Waals surface area contributed by atoms with Crippen LogP contribution in [0.5, 0.6) is 5.75 Å². The zero-order valence-corrected chi connectivity index (χ0v) is 15.5. The van der Waals surface area contributed by atoms with Crippen molar-refractivity contribution in [1.29, 1.82) is 0 Å². The number of hydrogen-bond acceptors (Lipinski definition) is 4. The van der Waals surface area contributed by atoms with Gasteiger partial charge in [0.1, 0.15) is 5.75 Å². The van der Waals surface area contributed by atoms with Gasteiger partial charge >= 0.3 is 0 Å². The van der Waals surface area contributed by atoms with Gasteiger partial charge in [-0.1, -0.05) is 17.7 Å². The van der Waals surface area contributed by atoms with Gasteiger partial charge in [0.15, 0.2) is 6.61 Å². The lowest BCUT2D eigenvalue weighted by Gasteiger charge is -2.32. The van der Waals surface area contributed by atoms with Gasteiger partial charge in [-0.05, 0) is 25.5 Å². The molecule has 1 aromatic rings. The number of carbonyl (C=O) groups excluding carboxylic acids is 1. The first-order valence-corrected chi connectivity index (χ1v) is 8.63. The van der Waals surface area contributed by atoms with Crippen molar-refractivity contribution >= 4 is 29.9 Å². The van der Waals surface area contributed by atoms with Crippen LogP contribution in [0.3, 0.4) is 0 Å². The number of nitrogens with zero attached hydrogens (tertiary/aromatic N) is 2. The third-order valence-corrected chi connectivity index (χ3v) is 5.16. The van der Waals surface area contributed by atoms with E-state index in [0.717, 1.165) is 51.3 Å². The molecular formula is C17H25Cl2N3O2. The van der Waals surface area contributed by atoms with Crippen LogP contribution in [0.4, 0.5) is 0 Å². The number of rotatable bonds is 4. The topological polar surface area (TPSA) is 44.8 Å². The molecule has 0 radical (unpaired) electrons. The fourth-order valence-corrected chi connectivity index (χ4v) is 3.45. The molecule has 2 aliphatic rings. The molecule has 2 aliphatic heterocycles. The van der Waals surface area contributed by atoms with Crippen molar-refractivity contribution in [3.05, 3.63) is 28.8 Å². The van der Waals surface area contributed by atoms with Crippen LogP contribution in [0.25, 0.3) is 0 Å². The number of amides is 1. The van der Waals surface area contributed by atoms with Crippen LogP contribution < -0.4 is 10.1 Å². The lowest BCUT2D eigenvalue weighted by atomic mass is 10.2. The maximum Gasteiger partial charge on any atom is 0.260 e. The van der Waals surface area contributed by atoms with Crippen molar-refractivity contribution in [3.8, 4) is 5.75 Å². The highest BCUT2D eigenvalue weighted by atomic mass is 35.5. The van der Waals surface area contributed by atoms with Gasteiger partial charge in [0.25, 0.3) is 5.91 Å². The van der Waals surface area contributed by atoms with Crippen molar-refractivity contribution in [2.75, 3.05) is 45.9 Å². The number of nitrogens with one attached hydrogen (secondary N) is 1. The lowest BCUT2D eigenvalue weighted by Crippen LogP contribution is -2.49. The summed E-state index contributed by atoms with van der Waals surface area (Å²) in [7, 11) is 0. The zero-order valence-electron chi connectivity index (χ0n) is 14.0. The van der Waals surface area contributed by atoms with Gasteiger partial charge in [-0.25, -0.2) is 0 Å². The van der Waals surface area contributed by atoms with Crippen molar-refractivity contribution < 1.29 is 9.53 Å². The molecule has 2 saturated heterocycles. The standard InChI is InChI=1S/C17H24ClN3O2.ClH/c1-13-15(18)3-2-4-16(13)23-12-17(22)21-8-5-14(11-21)20-9-6-19-7-10-20;/h2-4,14,19H,5-12H2,1H3;1H. The fourth-order valence-electron chi connectivity index (χ4n) is 3.29. The molecule has 2 fully saturated rings. The molecule has 1 atom stereocenters. The van der Waals surface area contributed by atoms with E-state index in [4.69, 9.17) is 16.3 Å². The minimum Gasteiger partial charge on any atom is -0.483 e. The number of piperazine rings is 1. The quantitative estimate of drug-likeness (QED) is 0.875. The molecule has 7 heteroatoms. The summed E-state index contributed by atoms with van der Waals surface area (Å²) in [5, 5.41) is 4.03. The Morgan fingerprint density at radius 2 is 2.08 bits per heavy atom. The van der Waals surface area contributed by atoms with E-state index in [0.29, 0.717) is 16.8 Å². The fraction of sp³-hybridized carbons (Fsp3) is 0.588. The second-order valence-corrected chi connectivity index (χ2v) is 6.63. The summed E-state index contributed by atoms with van der Waals surface area (Å²) in [6, 6.07) is 6.01. The van der Waals surface area contributed by atoms with Gasteiger partial charge in [-0.15, -0.1) is 12.4 Å². The summed E-state index contributed by atoms with van der Waals surface area (Å²) in [4.78, 5) is 16.8. The van der Waals surface area contributed by atoms with Crippen LogP contribution in [0.1, 0.15) is 12.0 Å². The molecule has 0 bridgehead atoms. The zero-order chi connectivity index (χ0) is 16.2. The van der Waals surface area contributed by atoms with Crippen molar-refractivity contribution in [2.45, 2.75) is 19.4 Å². The summed E-state index contributed by atoms with van der Waals surface area (Å²) in [6.45, 7) is 7.86. The Kier molecular flexibility index (Phi) is 7.16. The van der Waals surface area contributed by atoms with Crippen molar-refractivity contribution in [2.24, 2.45) is 0 Å². The number of hydrogen-bond donors (Lipinski definition) is 1. The Balaban J connectivity index is 0.00000208. The maximum absolute atomic E-state index is 12.4. The van der Waals surface area contributed by atoms with Crippen LogP contribution in [-0.4, -0.2) is 67.6 Å². The average molecular weight is 374 g/mol. The van der Waals surface area contributed by atoms with Gasteiger partial charge in [0, 0.05) is 55.9 Å². The number of carbonyl (C=O) groups is 1. The molecule has 3 rings (SSSR count). The van der Waals surface area contributed by atoms with E-state index in [1.54, 1.807) is 0 Å². The number of likely N-dealkylation sites (tertiary alicyclic amines) is 1. The van der Waals surface area contributed by atoms with Crippen LogP contribution in [0.2, 0.25) is 5.02 Å². The van der Waals surface area contributed by atoms with Gasteiger partial charge < -0.3 is 15.0 Å². The molecule has 1 unspecified atom stereocenters. The smallest absolute Gasteiger partial charge is 0.260 e. The summed E-state index contributed by atoms with van der Waals surface area (Å²) in [6.07, 6.45) is 1.06. The Hall–Kier alpha value is -1.01. The molecule has 2 heterocycles. The summed E-state index contributed by atoms with van der Waals surface area (Å²) < 4.78 is 5.67. The first-order chi connectivity index (χ1) is 11.1. The molecule has 0 saturated carbocycles. The molecular weight excluding hydrogens is 349 g/mol. The molecule has 5 nitrogen and oxygen atoms in total. The summed E-state index contributed by atoms with van der Waals surface area (Å²) >= 11 is 6.08. The van der Waals surface area contributed by atoms with Crippen molar-refractivity contribution in [3.63, 3.8) is 0 Å². The lowest BCUT2D eigenvalue weighted by molar-refractivity contribution is -0.132. The largest absolute Gasteiger partial charge is 0.483 e. The highest BCUT2D eigenvalue weighted by Crippen LogP contribution is 2.25. The molecule has 1 aromatic carbocycles. The van der Waals surface area contributed by atoms with Crippen LogP contribution in [0, 0.1) is 6.92 Å². The normalized spacial score (nSPS) is 21.4. The molecule has 1 amide bonds. The summed E-state index contributed by atoms with van der Waals surface area (Å²) in [5.74, 6) is 0.741. The summed E-state index contributed by atoms with van der Waals surface area (Å²) in [5.41, 5.74) is 0.877. The average Bonchev–Trinajstić information content (AvgIpc) is 3.07. The monoisotopic (exact) mass is 373 g/mol. The Morgan fingerprint density at radius 1 is 1.33 bits per heavy atom. The van der Waals surface area contributed by atoms with Crippen LogP contribution >= 0.6 is 24.0 Å². The molecule has 1 N–H and O–H groups in total. The maximum atomic E-state index is 12.4. The van der Waals surface area contributed by atoms with E-state index in [9.17, 15) is 4.79 Å². The number of halogens is 2. The van der Waals surface area contributed by atoms with Gasteiger partial charge in [0.2, 0.25) is 0 Å². The molecule has 0 spiro atoms. The van der Waals surface area contributed by atoms with E-state index in [1.807, 2.05) is 30.0 Å². The Bertz CT molecular complexity index is 565. The van der Waals surface area contributed by atoms with Gasteiger partial charge in [-0.2, -0.15) is 0 Å². The third kappa shape index (κ3) is 4.54. The first kappa shape index (κ1) is 19.3. The minimum atomic E-state index is 0. The minimum absolute atomic E-state index is 0. The predicted molar refractivity (Wildman–Crippen MR) is 98.4 cm³/mol. The van der Waals surface area contributed by atoms with E-state index >= 15 is 0 Å².